The molecule has 0 amide bonds. The maximum absolute atomic E-state index is 11.9. The molecule has 0 aromatic heterocycles. The van der Waals surface area contributed by atoms with Crippen LogP contribution in [0.2, 0.25) is 0 Å². The molecule has 1 aliphatic heterocycles. The van der Waals surface area contributed by atoms with Crippen LogP contribution < -0.4 is 5.32 Å². The number of halogens is 3. The summed E-state index contributed by atoms with van der Waals surface area (Å²) in [6.07, 6.45) is -5.75. The number of nitrogens with one attached hydrogen (secondary N) is 1. The van der Waals surface area contributed by atoms with Gasteiger partial charge in [-0.1, -0.05) is 0 Å². The summed E-state index contributed by atoms with van der Waals surface area (Å²) in [7, 11) is 1.67. The normalized spacial score (nSPS) is 26.9. The molecular weight excluding hydrogens is 211 g/mol. The van der Waals surface area contributed by atoms with Crippen LogP contribution in [0.4, 0.5) is 13.2 Å². The fourth-order valence-electron chi connectivity index (χ4n) is 1.61. The number of ketones is 1. The van der Waals surface area contributed by atoms with Crippen molar-refractivity contribution in [1.29, 1.82) is 0 Å². The van der Waals surface area contributed by atoms with Crippen LogP contribution in [0.15, 0.2) is 0 Å². The van der Waals surface area contributed by atoms with Gasteiger partial charge in [0.1, 0.15) is 5.78 Å². The first kappa shape index (κ1) is 12.4. The van der Waals surface area contributed by atoms with Gasteiger partial charge in [0.2, 0.25) is 0 Å². The van der Waals surface area contributed by atoms with Crippen LogP contribution in [0.5, 0.6) is 0 Å². The summed E-state index contributed by atoms with van der Waals surface area (Å²) in [6.45, 7) is 0.612. The van der Waals surface area contributed by atoms with Gasteiger partial charge in [0, 0.05) is 12.5 Å². The van der Waals surface area contributed by atoms with Gasteiger partial charge in [-0.05, 0) is 7.05 Å². The molecule has 0 bridgehead atoms. The quantitative estimate of drug-likeness (QED) is 0.779. The monoisotopic (exact) mass is 225 g/mol. The number of hydrogen-bond acceptors (Lipinski definition) is 3. The summed E-state index contributed by atoms with van der Waals surface area (Å²) in [5.41, 5.74) is 0. The van der Waals surface area contributed by atoms with Gasteiger partial charge < -0.3 is 10.1 Å². The molecule has 2 atom stereocenters. The Morgan fingerprint density at radius 1 is 1.47 bits per heavy atom. The lowest BCUT2D eigenvalue weighted by atomic mass is 9.95. The van der Waals surface area contributed by atoms with Gasteiger partial charge >= 0.3 is 6.18 Å². The van der Waals surface area contributed by atoms with E-state index in [9.17, 15) is 18.0 Å². The first-order valence-electron chi connectivity index (χ1n) is 4.78. The first-order valence-corrected chi connectivity index (χ1v) is 4.78. The zero-order valence-corrected chi connectivity index (χ0v) is 8.43. The number of ether oxygens (including phenoxy) is 1. The predicted octanol–water partition coefficient (Wildman–Crippen LogP) is 1.13. The summed E-state index contributed by atoms with van der Waals surface area (Å²) in [4.78, 5) is 11.4. The minimum Gasteiger partial charge on any atom is -0.379 e. The molecule has 0 spiro atoms. The van der Waals surface area contributed by atoms with Crippen molar-refractivity contribution in [2.24, 2.45) is 5.92 Å². The fourth-order valence-corrected chi connectivity index (χ4v) is 1.61. The molecule has 15 heavy (non-hydrogen) atoms. The number of carbonyl (C=O) groups excluding carboxylic acids is 1. The number of hydrogen-bond donors (Lipinski definition) is 1. The molecule has 1 heterocycles. The van der Waals surface area contributed by atoms with Crippen LogP contribution in [0.1, 0.15) is 12.8 Å². The standard InChI is InChI=1S/C9H14F3NO2/c1-13-7-5-15-4-6(7)8(14)2-3-9(10,11)12/h6-7,13H,2-5H2,1H3. The Kier molecular flexibility index (Phi) is 4.10. The Labute approximate surface area is 86.0 Å². The highest BCUT2D eigenvalue weighted by atomic mass is 19.4. The lowest BCUT2D eigenvalue weighted by molar-refractivity contribution is -0.145. The third-order valence-electron chi connectivity index (χ3n) is 2.52. The zero-order chi connectivity index (χ0) is 11.5. The lowest BCUT2D eigenvalue weighted by Crippen LogP contribution is -2.37. The van der Waals surface area contributed by atoms with E-state index >= 15 is 0 Å². The van der Waals surface area contributed by atoms with Gasteiger partial charge in [0.15, 0.2) is 0 Å². The highest BCUT2D eigenvalue weighted by molar-refractivity contribution is 5.82. The van der Waals surface area contributed by atoms with Crippen molar-refractivity contribution in [2.75, 3.05) is 20.3 Å². The third-order valence-corrected chi connectivity index (χ3v) is 2.52. The van der Waals surface area contributed by atoms with Crippen molar-refractivity contribution in [1.82, 2.24) is 5.32 Å². The van der Waals surface area contributed by atoms with Gasteiger partial charge in [0.25, 0.3) is 0 Å². The molecule has 0 aliphatic carbocycles. The van der Waals surface area contributed by atoms with E-state index in [1.165, 1.54) is 0 Å². The zero-order valence-electron chi connectivity index (χ0n) is 8.43. The molecule has 88 valence electrons. The lowest BCUT2D eigenvalue weighted by Gasteiger charge is -2.15. The Bertz CT molecular complexity index is 230. The van der Waals surface area contributed by atoms with Crippen molar-refractivity contribution >= 4 is 5.78 Å². The van der Waals surface area contributed by atoms with Crippen molar-refractivity contribution < 1.29 is 22.7 Å². The summed E-state index contributed by atoms with van der Waals surface area (Å²) in [5, 5.41) is 2.86. The molecular formula is C9H14F3NO2. The van der Waals surface area contributed by atoms with E-state index in [0.29, 0.717) is 6.61 Å². The SMILES string of the molecule is CNC1COCC1C(=O)CCC(F)(F)F. The average Bonchev–Trinajstić information content (AvgIpc) is 2.60. The Morgan fingerprint density at radius 2 is 2.13 bits per heavy atom. The van der Waals surface area contributed by atoms with Crippen LogP contribution >= 0.6 is 0 Å². The summed E-state index contributed by atoms with van der Waals surface area (Å²) < 4.78 is 40.7. The van der Waals surface area contributed by atoms with E-state index in [1.807, 2.05) is 0 Å². The first-order chi connectivity index (χ1) is 6.94. The number of rotatable bonds is 4. The molecule has 1 fully saturated rings. The van der Waals surface area contributed by atoms with Gasteiger partial charge in [-0.2, -0.15) is 13.2 Å². The number of likely N-dealkylation sites (N-methyl/N-ethyl adjacent to an activating group) is 1. The van der Waals surface area contributed by atoms with E-state index < -0.39 is 24.9 Å². The average molecular weight is 225 g/mol. The van der Waals surface area contributed by atoms with Gasteiger partial charge in [-0.15, -0.1) is 0 Å². The van der Waals surface area contributed by atoms with Crippen LogP contribution in [0.25, 0.3) is 0 Å². The maximum atomic E-state index is 11.9. The molecule has 2 unspecified atom stereocenters. The molecule has 3 nitrogen and oxygen atoms in total. The van der Waals surface area contributed by atoms with E-state index in [-0.39, 0.29) is 18.4 Å². The van der Waals surface area contributed by atoms with Crippen LogP contribution in [-0.4, -0.2) is 38.3 Å². The van der Waals surface area contributed by atoms with Crippen LogP contribution in [-0.2, 0) is 9.53 Å². The molecule has 0 aromatic rings. The van der Waals surface area contributed by atoms with Crippen molar-refractivity contribution in [3.8, 4) is 0 Å². The Morgan fingerprint density at radius 3 is 2.67 bits per heavy atom. The van der Waals surface area contributed by atoms with Crippen LogP contribution in [0.3, 0.4) is 0 Å². The Hall–Kier alpha value is -0.620. The summed E-state index contributed by atoms with van der Waals surface area (Å²) in [5.74, 6) is -0.804. The van der Waals surface area contributed by atoms with E-state index in [1.54, 1.807) is 7.05 Å². The molecule has 0 saturated carbocycles. The molecule has 0 aromatic carbocycles. The van der Waals surface area contributed by atoms with Crippen molar-refractivity contribution in [3.63, 3.8) is 0 Å². The Balaban J connectivity index is 2.40. The third kappa shape index (κ3) is 3.79. The van der Waals surface area contributed by atoms with Crippen LogP contribution in [0, 0.1) is 5.92 Å². The smallest absolute Gasteiger partial charge is 0.379 e. The minimum atomic E-state index is -4.26. The van der Waals surface area contributed by atoms with E-state index in [4.69, 9.17) is 4.74 Å². The highest BCUT2D eigenvalue weighted by Gasteiger charge is 2.35. The number of alkyl halides is 3. The van der Waals surface area contributed by atoms with Crippen molar-refractivity contribution in [2.45, 2.75) is 25.1 Å². The molecule has 1 N–H and O–H groups in total. The summed E-state index contributed by atoms with van der Waals surface area (Å²) in [6, 6.07) is -0.147. The van der Waals surface area contributed by atoms with E-state index in [0.717, 1.165) is 0 Å². The number of Topliss-reactive ketones (excluding diaryl/α,β-unsaturated/α-hetero) is 1. The maximum Gasteiger partial charge on any atom is 0.389 e. The second-order valence-corrected chi connectivity index (χ2v) is 3.62. The topological polar surface area (TPSA) is 38.3 Å². The molecule has 1 rings (SSSR count). The van der Waals surface area contributed by atoms with Gasteiger partial charge in [-0.3, -0.25) is 4.79 Å². The van der Waals surface area contributed by atoms with E-state index in [2.05, 4.69) is 5.32 Å². The predicted molar refractivity (Wildman–Crippen MR) is 47.5 cm³/mol. The van der Waals surface area contributed by atoms with Gasteiger partial charge in [0.05, 0.1) is 25.6 Å². The molecule has 1 saturated heterocycles. The minimum absolute atomic E-state index is 0.147. The fraction of sp³-hybridized carbons (Fsp3) is 0.889. The van der Waals surface area contributed by atoms with Crippen molar-refractivity contribution in [3.05, 3.63) is 0 Å². The molecule has 1 aliphatic rings. The summed E-state index contributed by atoms with van der Waals surface area (Å²) >= 11 is 0. The second-order valence-electron chi connectivity index (χ2n) is 3.62. The highest BCUT2D eigenvalue weighted by Crippen LogP contribution is 2.24. The largest absolute Gasteiger partial charge is 0.389 e. The molecule has 0 radical (unpaired) electrons. The number of carbonyl (C=O) groups is 1. The van der Waals surface area contributed by atoms with Gasteiger partial charge in [-0.25, -0.2) is 0 Å². The molecule has 6 heteroatoms. The second kappa shape index (κ2) is 4.94.